The van der Waals surface area contributed by atoms with Gasteiger partial charge < -0.3 is 14.8 Å². The van der Waals surface area contributed by atoms with E-state index in [9.17, 15) is 9.18 Å². The first-order valence-corrected chi connectivity index (χ1v) is 9.97. The summed E-state index contributed by atoms with van der Waals surface area (Å²) in [5.74, 6) is 0.705. The van der Waals surface area contributed by atoms with Crippen molar-refractivity contribution in [2.24, 2.45) is 5.92 Å². The number of ether oxygens (including phenoxy) is 2. The number of nitrogens with one attached hydrogen (secondary N) is 1. The molecule has 156 valence electrons. The van der Waals surface area contributed by atoms with E-state index in [-0.39, 0.29) is 10.9 Å². The van der Waals surface area contributed by atoms with Crippen molar-refractivity contribution < 1.29 is 13.9 Å². The first-order chi connectivity index (χ1) is 14.6. The molecule has 0 saturated carbocycles. The number of aromatic nitrogens is 3. The number of hydrogen-bond donors (Lipinski definition) is 1. The van der Waals surface area contributed by atoms with Gasteiger partial charge in [-0.25, -0.2) is 9.37 Å². The van der Waals surface area contributed by atoms with Gasteiger partial charge in [-0.3, -0.25) is 4.79 Å². The van der Waals surface area contributed by atoms with Crippen LogP contribution in [0, 0.1) is 11.7 Å². The topological polar surface area (TPSA) is 78.3 Å². The average molecular weight is 431 g/mol. The molecule has 7 nitrogen and oxygen atoms in total. The molecule has 9 heteroatoms. The van der Waals surface area contributed by atoms with Crippen LogP contribution >= 0.6 is 11.6 Å². The largest absolute Gasteiger partial charge is 0.439 e. The van der Waals surface area contributed by atoms with Crippen LogP contribution in [0.4, 0.5) is 10.1 Å². The Balaban J connectivity index is 1.46. The van der Waals surface area contributed by atoms with Gasteiger partial charge in [0, 0.05) is 19.2 Å². The Labute approximate surface area is 177 Å². The van der Waals surface area contributed by atoms with Crippen LogP contribution in [0.15, 0.2) is 53.6 Å². The summed E-state index contributed by atoms with van der Waals surface area (Å²) in [5.41, 5.74) is 0.620. The van der Waals surface area contributed by atoms with E-state index in [0.717, 1.165) is 25.6 Å². The van der Waals surface area contributed by atoms with E-state index in [2.05, 4.69) is 15.4 Å². The SMILES string of the molecule is O=c1c(Cl)c(NC[C@H]2CCCOC2)cnn1-c1ccc(Oc2ccc(F)cn2)cc1. The maximum absolute atomic E-state index is 12.9. The van der Waals surface area contributed by atoms with Crippen LogP contribution in [-0.2, 0) is 4.74 Å². The Morgan fingerprint density at radius 1 is 1.23 bits per heavy atom. The highest BCUT2D eigenvalue weighted by molar-refractivity contribution is 6.32. The standard InChI is InChI=1S/C21H20ClFN4O3/c22-20-18(24-10-14-2-1-9-29-13-14)12-26-27(21(20)28)16-4-6-17(7-5-16)30-19-8-3-15(23)11-25-19/h3-8,11-12,14,24H,1-2,9-10,13H2/t14-/m1/s1. The molecule has 3 heterocycles. The predicted molar refractivity (Wildman–Crippen MR) is 111 cm³/mol. The summed E-state index contributed by atoms with van der Waals surface area (Å²) in [6, 6.07) is 9.38. The zero-order chi connectivity index (χ0) is 20.9. The number of anilines is 1. The van der Waals surface area contributed by atoms with Crippen molar-refractivity contribution in [1.29, 1.82) is 0 Å². The minimum absolute atomic E-state index is 0.0811. The van der Waals surface area contributed by atoms with Gasteiger partial charge in [-0.1, -0.05) is 11.6 Å². The molecule has 0 radical (unpaired) electrons. The first kappa shape index (κ1) is 20.3. The summed E-state index contributed by atoms with van der Waals surface area (Å²) in [7, 11) is 0. The lowest BCUT2D eigenvalue weighted by Crippen LogP contribution is -2.26. The van der Waals surface area contributed by atoms with E-state index in [4.69, 9.17) is 21.1 Å². The van der Waals surface area contributed by atoms with Crippen LogP contribution in [-0.4, -0.2) is 34.5 Å². The molecule has 1 aliphatic heterocycles. The molecule has 4 rings (SSSR count). The highest BCUT2D eigenvalue weighted by atomic mass is 35.5. The second-order valence-corrected chi connectivity index (χ2v) is 7.34. The minimum atomic E-state index is -0.440. The second kappa shape index (κ2) is 9.23. The third kappa shape index (κ3) is 4.77. The van der Waals surface area contributed by atoms with Gasteiger partial charge >= 0.3 is 0 Å². The van der Waals surface area contributed by atoms with Crippen LogP contribution in [0.3, 0.4) is 0 Å². The molecule has 1 N–H and O–H groups in total. The number of halogens is 2. The van der Waals surface area contributed by atoms with E-state index in [1.54, 1.807) is 30.5 Å². The molecular formula is C21H20ClFN4O3. The normalized spacial score (nSPS) is 16.3. The van der Waals surface area contributed by atoms with Gasteiger partial charge in [-0.05, 0) is 49.1 Å². The summed E-state index contributed by atoms with van der Waals surface area (Å²) in [6.07, 6.45) is 4.74. The number of rotatable bonds is 6. The lowest BCUT2D eigenvalue weighted by atomic mass is 10.0. The highest BCUT2D eigenvalue weighted by Gasteiger charge is 2.16. The molecule has 1 fully saturated rings. The summed E-state index contributed by atoms with van der Waals surface area (Å²) in [4.78, 5) is 16.5. The molecule has 0 spiro atoms. The lowest BCUT2D eigenvalue weighted by molar-refractivity contribution is 0.0595. The number of hydrogen-bond acceptors (Lipinski definition) is 6. The molecule has 1 atom stereocenters. The number of nitrogens with zero attached hydrogens (tertiary/aromatic N) is 3. The van der Waals surface area contributed by atoms with Crippen LogP contribution < -0.4 is 15.6 Å². The Morgan fingerprint density at radius 3 is 2.77 bits per heavy atom. The van der Waals surface area contributed by atoms with Gasteiger partial charge in [0.1, 0.15) is 16.6 Å². The van der Waals surface area contributed by atoms with Gasteiger partial charge in [0.2, 0.25) is 5.88 Å². The predicted octanol–water partition coefficient (Wildman–Crippen LogP) is 4.05. The lowest BCUT2D eigenvalue weighted by Gasteiger charge is -2.22. The van der Waals surface area contributed by atoms with Gasteiger partial charge in [0.05, 0.1) is 30.4 Å². The molecule has 1 aliphatic rings. The zero-order valence-electron chi connectivity index (χ0n) is 16.1. The summed E-state index contributed by atoms with van der Waals surface area (Å²) < 4.78 is 25.2. The van der Waals surface area contributed by atoms with Crippen molar-refractivity contribution in [3.05, 3.63) is 70.0 Å². The van der Waals surface area contributed by atoms with Crippen LogP contribution in [0.1, 0.15) is 12.8 Å². The van der Waals surface area contributed by atoms with Gasteiger partial charge in [-0.2, -0.15) is 9.78 Å². The van der Waals surface area contributed by atoms with Crippen molar-refractivity contribution in [3.8, 4) is 17.3 Å². The molecule has 2 aromatic heterocycles. The molecule has 30 heavy (non-hydrogen) atoms. The molecular weight excluding hydrogens is 411 g/mol. The number of pyridine rings is 1. The Kier molecular flexibility index (Phi) is 6.25. The highest BCUT2D eigenvalue weighted by Crippen LogP contribution is 2.22. The maximum Gasteiger partial charge on any atom is 0.292 e. The fourth-order valence-electron chi connectivity index (χ4n) is 3.16. The van der Waals surface area contributed by atoms with Crippen LogP contribution in [0.2, 0.25) is 5.02 Å². The molecule has 0 amide bonds. The summed E-state index contributed by atoms with van der Waals surface area (Å²) in [6.45, 7) is 2.18. The third-order valence-corrected chi connectivity index (χ3v) is 5.12. The van der Waals surface area contributed by atoms with Crippen LogP contribution in [0.25, 0.3) is 5.69 Å². The minimum Gasteiger partial charge on any atom is -0.439 e. The van der Waals surface area contributed by atoms with Gasteiger partial charge in [0.15, 0.2) is 0 Å². The first-order valence-electron chi connectivity index (χ1n) is 9.59. The molecule has 1 aromatic carbocycles. The third-order valence-electron chi connectivity index (χ3n) is 4.76. The molecule has 3 aromatic rings. The summed E-state index contributed by atoms with van der Waals surface area (Å²) in [5, 5.41) is 7.51. The Bertz CT molecular complexity index is 1050. The van der Waals surface area contributed by atoms with Crippen molar-refractivity contribution in [3.63, 3.8) is 0 Å². The number of benzene rings is 1. The van der Waals surface area contributed by atoms with Crippen LogP contribution in [0.5, 0.6) is 11.6 Å². The van der Waals surface area contributed by atoms with Crippen molar-refractivity contribution in [1.82, 2.24) is 14.8 Å². The smallest absolute Gasteiger partial charge is 0.292 e. The Hall–Kier alpha value is -2.97. The molecule has 1 saturated heterocycles. The second-order valence-electron chi connectivity index (χ2n) is 6.96. The van der Waals surface area contributed by atoms with Gasteiger partial charge in [0.25, 0.3) is 5.56 Å². The molecule has 0 aliphatic carbocycles. The fourth-order valence-corrected chi connectivity index (χ4v) is 3.36. The van der Waals surface area contributed by atoms with E-state index in [0.29, 0.717) is 36.2 Å². The van der Waals surface area contributed by atoms with E-state index < -0.39 is 11.4 Å². The molecule has 0 unspecified atom stereocenters. The van der Waals surface area contributed by atoms with E-state index >= 15 is 0 Å². The van der Waals surface area contributed by atoms with Crippen molar-refractivity contribution in [2.75, 3.05) is 25.1 Å². The fraction of sp³-hybridized carbons (Fsp3) is 0.286. The molecule has 0 bridgehead atoms. The quantitative estimate of drug-likeness (QED) is 0.635. The van der Waals surface area contributed by atoms with Gasteiger partial charge in [-0.15, -0.1) is 0 Å². The van der Waals surface area contributed by atoms with Crippen molar-refractivity contribution in [2.45, 2.75) is 12.8 Å². The van der Waals surface area contributed by atoms with E-state index in [1.807, 2.05) is 0 Å². The maximum atomic E-state index is 12.9. The van der Waals surface area contributed by atoms with E-state index in [1.165, 1.54) is 16.8 Å². The zero-order valence-corrected chi connectivity index (χ0v) is 16.8. The monoisotopic (exact) mass is 430 g/mol. The van der Waals surface area contributed by atoms with Crippen molar-refractivity contribution >= 4 is 17.3 Å². The average Bonchev–Trinajstić information content (AvgIpc) is 2.78. The summed E-state index contributed by atoms with van der Waals surface area (Å²) >= 11 is 6.29. The Morgan fingerprint density at radius 2 is 2.07 bits per heavy atom.